The molecule has 0 spiro atoms. The fourth-order valence-corrected chi connectivity index (χ4v) is 2.42. The molecule has 3 heteroatoms. The zero-order chi connectivity index (χ0) is 14.7. The van der Waals surface area contributed by atoms with E-state index in [-0.39, 0.29) is 0 Å². The van der Waals surface area contributed by atoms with Gasteiger partial charge in [-0.15, -0.1) is 0 Å². The summed E-state index contributed by atoms with van der Waals surface area (Å²) in [5.74, 6) is 0. The van der Waals surface area contributed by atoms with Crippen LogP contribution in [0.1, 0.15) is 22.5 Å². The predicted molar refractivity (Wildman–Crippen MR) is 86.0 cm³/mol. The molecule has 3 aromatic rings. The highest BCUT2D eigenvalue weighted by Gasteiger charge is 2.01. The van der Waals surface area contributed by atoms with Crippen molar-refractivity contribution in [3.63, 3.8) is 0 Å². The Kier molecular flexibility index (Phi) is 3.93. The molecule has 0 aliphatic carbocycles. The zero-order valence-electron chi connectivity index (χ0n) is 12.4. The largest absolute Gasteiger partial charge is 0.307 e. The molecular formula is C18H19N3. The molecule has 2 heterocycles. The molecule has 0 amide bonds. The fourth-order valence-electron chi connectivity index (χ4n) is 2.42. The first kappa shape index (κ1) is 13.7. The van der Waals surface area contributed by atoms with Crippen LogP contribution in [-0.2, 0) is 13.1 Å². The number of benzene rings is 1. The van der Waals surface area contributed by atoms with Crippen LogP contribution >= 0.6 is 0 Å². The van der Waals surface area contributed by atoms with E-state index in [1.54, 1.807) is 0 Å². The van der Waals surface area contributed by atoms with Crippen LogP contribution in [0.25, 0.3) is 10.9 Å². The SMILES string of the molecule is Cc1ccc2cc(CNCc3ncccc3C)ccc2n1. The Morgan fingerprint density at radius 3 is 2.76 bits per heavy atom. The van der Waals surface area contributed by atoms with Crippen LogP contribution in [0.15, 0.2) is 48.7 Å². The van der Waals surface area contributed by atoms with E-state index in [1.165, 1.54) is 16.5 Å². The van der Waals surface area contributed by atoms with Gasteiger partial charge in [-0.25, -0.2) is 0 Å². The maximum atomic E-state index is 4.53. The van der Waals surface area contributed by atoms with E-state index in [9.17, 15) is 0 Å². The quantitative estimate of drug-likeness (QED) is 0.792. The Labute approximate surface area is 125 Å². The van der Waals surface area contributed by atoms with Gasteiger partial charge in [0.15, 0.2) is 0 Å². The minimum absolute atomic E-state index is 0.789. The Hall–Kier alpha value is -2.26. The maximum absolute atomic E-state index is 4.53. The van der Waals surface area contributed by atoms with Crippen LogP contribution in [0.4, 0.5) is 0 Å². The Balaban J connectivity index is 1.68. The molecule has 2 aromatic heterocycles. The van der Waals surface area contributed by atoms with Gasteiger partial charge < -0.3 is 5.32 Å². The maximum Gasteiger partial charge on any atom is 0.0705 e. The van der Waals surface area contributed by atoms with Crippen molar-refractivity contribution in [1.82, 2.24) is 15.3 Å². The number of hydrogen-bond donors (Lipinski definition) is 1. The summed E-state index contributed by atoms with van der Waals surface area (Å²) in [7, 11) is 0. The van der Waals surface area contributed by atoms with Gasteiger partial charge in [-0.1, -0.05) is 18.2 Å². The lowest BCUT2D eigenvalue weighted by molar-refractivity contribution is 0.676. The third kappa shape index (κ3) is 3.26. The molecule has 0 atom stereocenters. The summed E-state index contributed by atoms with van der Waals surface area (Å²) < 4.78 is 0. The second-order valence-electron chi connectivity index (χ2n) is 5.35. The van der Waals surface area contributed by atoms with Gasteiger partial charge in [0.05, 0.1) is 11.2 Å². The minimum atomic E-state index is 0.789. The van der Waals surface area contributed by atoms with Crippen molar-refractivity contribution in [3.05, 3.63) is 71.2 Å². The average molecular weight is 277 g/mol. The average Bonchev–Trinajstić information content (AvgIpc) is 2.49. The molecule has 3 nitrogen and oxygen atoms in total. The Morgan fingerprint density at radius 2 is 1.90 bits per heavy atom. The molecule has 3 rings (SSSR count). The molecule has 0 radical (unpaired) electrons. The highest BCUT2D eigenvalue weighted by Crippen LogP contribution is 2.15. The van der Waals surface area contributed by atoms with Gasteiger partial charge in [0.25, 0.3) is 0 Å². The van der Waals surface area contributed by atoms with Gasteiger partial charge in [0, 0.05) is 30.4 Å². The van der Waals surface area contributed by atoms with E-state index in [2.05, 4.69) is 58.6 Å². The first-order valence-corrected chi connectivity index (χ1v) is 7.20. The third-order valence-corrected chi connectivity index (χ3v) is 3.63. The molecule has 1 aromatic carbocycles. The van der Waals surface area contributed by atoms with Gasteiger partial charge >= 0.3 is 0 Å². The lowest BCUT2D eigenvalue weighted by Crippen LogP contribution is -2.14. The van der Waals surface area contributed by atoms with Crippen molar-refractivity contribution in [1.29, 1.82) is 0 Å². The van der Waals surface area contributed by atoms with E-state index in [0.29, 0.717) is 0 Å². The van der Waals surface area contributed by atoms with Crippen LogP contribution in [0.3, 0.4) is 0 Å². The van der Waals surface area contributed by atoms with Crippen molar-refractivity contribution in [3.8, 4) is 0 Å². The molecule has 0 saturated carbocycles. The number of rotatable bonds is 4. The molecule has 0 bridgehead atoms. The Bertz CT molecular complexity index is 765. The van der Waals surface area contributed by atoms with Crippen molar-refractivity contribution < 1.29 is 0 Å². The van der Waals surface area contributed by atoms with E-state index in [0.717, 1.165) is 30.0 Å². The van der Waals surface area contributed by atoms with Crippen LogP contribution < -0.4 is 5.32 Å². The second kappa shape index (κ2) is 6.02. The highest BCUT2D eigenvalue weighted by atomic mass is 14.9. The van der Waals surface area contributed by atoms with Crippen LogP contribution in [-0.4, -0.2) is 9.97 Å². The lowest BCUT2D eigenvalue weighted by atomic mass is 10.1. The summed E-state index contributed by atoms with van der Waals surface area (Å²) in [6.45, 7) is 5.73. The molecule has 0 aliphatic rings. The second-order valence-corrected chi connectivity index (χ2v) is 5.35. The van der Waals surface area contributed by atoms with Crippen molar-refractivity contribution in [2.24, 2.45) is 0 Å². The smallest absolute Gasteiger partial charge is 0.0705 e. The summed E-state index contributed by atoms with van der Waals surface area (Å²) in [4.78, 5) is 8.92. The van der Waals surface area contributed by atoms with Gasteiger partial charge in [-0.2, -0.15) is 0 Å². The third-order valence-electron chi connectivity index (χ3n) is 3.63. The number of nitrogens with one attached hydrogen (secondary N) is 1. The van der Waals surface area contributed by atoms with Crippen molar-refractivity contribution >= 4 is 10.9 Å². The highest BCUT2D eigenvalue weighted by molar-refractivity contribution is 5.79. The number of fused-ring (bicyclic) bond motifs is 1. The number of hydrogen-bond acceptors (Lipinski definition) is 3. The molecule has 21 heavy (non-hydrogen) atoms. The summed E-state index contributed by atoms with van der Waals surface area (Å²) in [5.41, 5.74) is 5.71. The van der Waals surface area contributed by atoms with E-state index >= 15 is 0 Å². The zero-order valence-corrected chi connectivity index (χ0v) is 12.4. The first-order chi connectivity index (χ1) is 10.2. The number of aryl methyl sites for hydroxylation is 2. The van der Waals surface area contributed by atoms with Gasteiger partial charge in [0.1, 0.15) is 0 Å². The Morgan fingerprint density at radius 1 is 1.00 bits per heavy atom. The minimum Gasteiger partial charge on any atom is -0.307 e. The molecule has 0 aliphatic heterocycles. The first-order valence-electron chi connectivity index (χ1n) is 7.20. The van der Waals surface area contributed by atoms with Crippen LogP contribution in [0, 0.1) is 13.8 Å². The standard InChI is InChI=1S/C18H19N3/c1-13-4-3-9-20-18(13)12-19-11-15-6-8-17-16(10-15)7-5-14(2)21-17/h3-10,19H,11-12H2,1-2H3. The molecule has 1 N–H and O–H groups in total. The number of pyridine rings is 2. The predicted octanol–water partition coefficient (Wildman–Crippen LogP) is 3.54. The lowest BCUT2D eigenvalue weighted by Gasteiger charge is -2.08. The number of nitrogens with zero attached hydrogens (tertiary/aromatic N) is 2. The normalized spacial score (nSPS) is 11.0. The van der Waals surface area contributed by atoms with Gasteiger partial charge in [0.2, 0.25) is 0 Å². The molecule has 0 unspecified atom stereocenters. The van der Waals surface area contributed by atoms with E-state index in [1.807, 2.05) is 19.2 Å². The van der Waals surface area contributed by atoms with Crippen molar-refractivity contribution in [2.75, 3.05) is 0 Å². The topological polar surface area (TPSA) is 37.8 Å². The summed E-state index contributed by atoms with van der Waals surface area (Å²) in [6, 6.07) is 14.7. The molecule has 0 fully saturated rings. The van der Waals surface area contributed by atoms with E-state index < -0.39 is 0 Å². The van der Waals surface area contributed by atoms with Gasteiger partial charge in [-0.3, -0.25) is 9.97 Å². The van der Waals surface area contributed by atoms with E-state index in [4.69, 9.17) is 0 Å². The van der Waals surface area contributed by atoms with Crippen LogP contribution in [0.5, 0.6) is 0 Å². The van der Waals surface area contributed by atoms with Gasteiger partial charge in [-0.05, 0) is 49.2 Å². The fraction of sp³-hybridized carbons (Fsp3) is 0.222. The number of aromatic nitrogens is 2. The monoisotopic (exact) mass is 277 g/mol. The van der Waals surface area contributed by atoms with Crippen molar-refractivity contribution in [2.45, 2.75) is 26.9 Å². The summed E-state index contributed by atoms with van der Waals surface area (Å²) in [5, 5.41) is 4.64. The molecule has 106 valence electrons. The molecular weight excluding hydrogens is 258 g/mol. The summed E-state index contributed by atoms with van der Waals surface area (Å²) in [6.07, 6.45) is 1.84. The summed E-state index contributed by atoms with van der Waals surface area (Å²) >= 11 is 0. The molecule has 0 saturated heterocycles. The van der Waals surface area contributed by atoms with Crippen LogP contribution in [0.2, 0.25) is 0 Å².